The number of ether oxygens (including phenoxy) is 1. The van der Waals surface area contributed by atoms with Crippen LogP contribution in [0.1, 0.15) is 43.3 Å². The molecule has 1 aromatic carbocycles. The Hall–Kier alpha value is -2.73. The first-order valence-electron chi connectivity index (χ1n) is 9.02. The van der Waals surface area contributed by atoms with Gasteiger partial charge in [-0.15, -0.1) is 5.10 Å². The van der Waals surface area contributed by atoms with Crippen LogP contribution in [0.15, 0.2) is 54.9 Å². The largest absolute Gasteiger partial charge is 0.486 e. The molecule has 3 aromatic rings. The minimum absolute atomic E-state index is 0.193. The van der Waals surface area contributed by atoms with Gasteiger partial charge in [0.2, 0.25) is 0 Å². The van der Waals surface area contributed by atoms with Crippen molar-refractivity contribution in [3.63, 3.8) is 0 Å². The van der Waals surface area contributed by atoms with Crippen LogP contribution in [0.4, 0.5) is 0 Å². The van der Waals surface area contributed by atoms with Crippen LogP contribution < -0.4 is 4.74 Å². The average molecular weight is 350 g/mol. The minimum Gasteiger partial charge on any atom is -0.486 e. The first-order chi connectivity index (χ1) is 12.8. The molecule has 0 spiro atoms. The van der Waals surface area contributed by atoms with Crippen molar-refractivity contribution in [3.8, 4) is 11.4 Å². The van der Waals surface area contributed by atoms with Crippen LogP contribution in [0.3, 0.4) is 0 Å². The zero-order valence-electron chi connectivity index (χ0n) is 14.5. The van der Waals surface area contributed by atoms with E-state index in [-0.39, 0.29) is 12.0 Å². The number of benzene rings is 1. The van der Waals surface area contributed by atoms with Crippen molar-refractivity contribution in [2.75, 3.05) is 0 Å². The molecule has 0 radical (unpaired) electrons. The van der Waals surface area contributed by atoms with Crippen LogP contribution in [0, 0.1) is 0 Å². The lowest BCUT2D eigenvalue weighted by Crippen LogP contribution is -2.19. The Bertz CT molecular complexity index is 828. The monoisotopic (exact) mass is 350 g/mol. The summed E-state index contributed by atoms with van der Waals surface area (Å²) in [6.45, 7) is 0.319. The molecule has 0 aliphatic heterocycles. The van der Waals surface area contributed by atoms with Crippen LogP contribution in [0.2, 0.25) is 0 Å². The molecule has 26 heavy (non-hydrogen) atoms. The van der Waals surface area contributed by atoms with E-state index in [1.165, 1.54) is 0 Å². The van der Waals surface area contributed by atoms with Gasteiger partial charge in [0.1, 0.15) is 18.2 Å². The van der Waals surface area contributed by atoms with Crippen LogP contribution in [0.25, 0.3) is 5.69 Å². The van der Waals surface area contributed by atoms with Gasteiger partial charge in [-0.3, -0.25) is 4.98 Å². The molecule has 2 aromatic heterocycles. The lowest BCUT2D eigenvalue weighted by atomic mass is 9.87. The smallest absolute Gasteiger partial charge is 0.188 e. The summed E-state index contributed by atoms with van der Waals surface area (Å²) in [5, 5.41) is 14.5. The zero-order chi connectivity index (χ0) is 17.8. The van der Waals surface area contributed by atoms with Gasteiger partial charge in [-0.25, -0.2) is 9.67 Å². The number of aliphatic hydroxyl groups is 1. The van der Waals surface area contributed by atoms with Crippen LogP contribution in [-0.4, -0.2) is 31.0 Å². The van der Waals surface area contributed by atoms with E-state index < -0.39 is 0 Å². The molecule has 0 atom stereocenters. The molecule has 1 aliphatic rings. The molecule has 6 heteroatoms. The zero-order valence-corrected chi connectivity index (χ0v) is 14.5. The predicted molar refractivity (Wildman–Crippen MR) is 97.1 cm³/mol. The van der Waals surface area contributed by atoms with Gasteiger partial charge in [-0.1, -0.05) is 18.2 Å². The summed E-state index contributed by atoms with van der Waals surface area (Å²) >= 11 is 0. The molecular formula is C20H22N4O2. The summed E-state index contributed by atoms with van der Waals surface area (Å²) in [5.74, 6) is 2.67. The van der Waals surface area contributed by atoms with Gasteiger partial charge in [-0.2, -0.15) is 0 Å². The van der Waals surface area contributed by atoms with Gasteiger partial charge in [0.25, 0.3) is 0 Å². The Labute approximate surface area is 152 Å². The molecule has 0 unspecified atom stereocenters. The Kier molecular flexibility index (Phi) is 4.93. The molecule has 0 saturated heterocycles. The molecule has 6 nitrogen and oxygen atoms in total. The third-order valence-electron chi connectivity index (χ3n) is 4.74. The normalized spacial score (nSPS) is 20.0. The fraction of sp³-hybridized carbons (Fsp3) is 0.350. The lowest BCUT2D eigenvalue weighted by molar-refractivity contribution is 0.121. The highest BCUT2D eigenvalue weighted by atomic mass is 16.5. The fourth-order valence-corrected chi connectivity index (χ4v) is 3.36. The van der Waals surface area contributed by atoms with Crippen LogP contribution in [0.5, 0.6) is 5.75 Å². The van der Waals surface area contributed by atoms with Crippen molar-refractivity contribution in [1.82, 2.24) is 19.7 Å². The summed E-state index contributed by atoms with van der Waals surface area (Å²) < 4.78 is 7.68. The first-order valence-corrected chi connectivity index (χ1v) is 9.02. The number of hydrogen-bond acceptors (Lipinski definition) is 5. The molecule has 1 N–H and O–H groups in total. The topological polar surface area (TPSA) is 73.1 Å². The maximum atomic E-state index is 9.80. The van der Waals surface area contributed by atoms with Crippen LogP contribution >= 0.6 is 0 Å². The van der Waals surface area contributed by atoms with E-state index in [4.69, 9.17) is 9.72 Å². The maximum absolute atomic E-state index is 9.80. The van der Waals surface area contributed by atoms with E-state index >= 15 is 0 Å². The van der Waals surface area contributed by atoms with Crippen molar-refractivity contribution < 1.29 is 9.84 Å². The molecule has 134 valence electrons. The second kappa shape index (κ2) is 7.66. The number of nitrogens with zero attached hydrogens (tertiary/aromatic N) is 4. The predicted octanol–water partition coefficient (Wildman–Crippen LogP) is 3.26. The number of para-hydroxylation sites is 1. The molecule has 4 rings (SSSR count). The van der Waals surface area contributed by atoms with E-state index in [9.17, 15) is 5.11 Å². The Balaban J connectivity index is 1.59. The minimum atomic E-state index is -0.193. The Morgan fingerprint density at radius 3 is 2.58 bits per heavy atom. The average Bonchev–Trinajstić information content (AvgIpc) is 3.13. The van der Waals surface area contributed by atoms with Gasteiger partial charge in [0.05, 0.1) is 18.0 Å². The van der Waals surface area contributed by atoms with Gasteiger partial charge in [0, 0.05) is 12.1 Å². The molecule has 0 amide bonds. The highest BCUT2D eigenvalue weighted by Crippen LogP contribution is 2.33. The van der Waals surface area contributed by atoms with Crippen molar-refractivity contribution >= 4 is 0 Å². The van der Waals surface area contributed by atoms with Gasteiger partial charge >= 0.3 is 0 Å². The summed E-state index contributed by atoms with van der Waals surface area (Å²) in [6.07, 6.45) is 6.79. The van der Waals surface area contributed by atoms with E-state index in [1.807, 2.05) is 47.1 Å². The van der Waals surface area contributed by atoms with Crippen molar-refractivity contribution in [3.05, 3.63) is 66.5 Å². The highest BCUT2D eigenvalue weighted by molar-refractivity contribution is 5.29. The van der Waals surface area contributed by atoms with E-state index in [2.05, 4.69) is 10.1 Å². The van der Waals surface area contributed by atoms with E-state index in [0.717, 1.165) is 42.9 Å². The number of hydrogen-bond donors (Lipinski definition) is 1. The summed E-state index contributed by atoms with van der Waals surface area (Å²) in [4.78, 5) is 8.97. The second-order valence-electron chi connectivity index (χ2n) is 6.62. The number of rotatable bonds is 5. The van der Waals surface area contributed by atoms with Gasteiger partial charge < -0.3 is 9.84 Å². The standard InChI is InChI=1S/C20H22N4O2/c25-17-10-8-15(9-11-17)20-22-19(14-26-18-6-2-1-3-7-18)23-24(20)16-5-4-12-21-13-16/h1-7,12-13,15,17,25H,8-11,14H2. The third kappa shape index (κ3) is 3.75. The second-order valence-corrected chi connectivity index (χ2v) is 6.62. The third-order valence-corrected chi connectivity index (χ3v) is 4.74. The van der Waals surface area contributed by atoms with Crippen LogP contribution in [-0.2, 0) is 6.61 Å². The number of pyridine rings is 1. The van der Waals surface area contributed by atoms with Crippen molar-refractivity contribution in [1.29, 1.82) is 0 Å². The fourth-order valence-electron chi connectivity index (χ4n) is 3.36. The quantitative estimate of drug-likeness (QED) is 0.764. The first kappa shape index (κ1) is 16.7. The molecule has 0 bridgehead atoms. The van der Waals surface area contributed by atoms with Crippen molar-refractivity contribution in [2.24, 2.45) is 0 Å². The van der Waals surface area contributed by atoms with Crippen molar-refractivity contribution in [2.45, 2.75) is 44.3 Å². The molecule has 1 fully saturated rings. The highest BCUT2D eigenvalue weighted by Gasteiger charge is 2.26. The summed E-state index contributed by atoms with van der Waals surface area (Å²) in [6, 6.07) is 13.5. The molecule has 1 aliphatic carbocycles. The van der Waals surface area contributed by atoms with Gasteiger partial charge in [0.15, 0.2) is 5.82 Å². The molecular weight excluding hydrogens is 328 g/mol. The lowest BCUT2D eigenvalue weighted by Gasteiger charge is -2.24. The summed E-state index contributed by atoms with van der Waals surface area (Å²) in [7, 11) is 0. The number of aromatic nitrogens is 4. The molecule has 1 saturated carbocycles. The summed E-state index contributed by atoms with van der Waals surface area (Å²) in [5.41, 5.74) is 0.895. The molecule has 2 heterocycles. The van der Waals surface area contributed by atoms with E-state index in [1.54, 1.807) is 12.4 Å². The Morgan fingerprint density at radius 2 is 1.85 bits per heavy atom. The van der Waals surface area contributed by atoms with Gasteiger partial charge in [-0.05, 0) is 49.9 Å². The number of aliphatic hydroxyl groups excluding tert-OH is 1. The SMILES string of the molecule is OC1CCC(c2nc(COc3ccccc3)nn2-c2cccnc2)CC1. The maximum Gasteiger partial charge on any atom is 0.188 e. The van der Waals surface area contributed by atoms with E-state index in [0.29, 0.717) is 12.4 Å². The Morgan fingerprint density at radius 1 is 1.04 bits per heavy atom.